The van der Waals surface area contributed by atoms with Crippen LogP contribution in [0.1, 0.15) is 34.1 Å². The van der Waals surface area contributed by atoms with Crippen molar-refractivity contribution in [2.45, 2.75) is 39.0 Å². The van der Waals surface area contributed by atoms with Gasteiger partial charge in [0.05, 0.1) is 18.2 Å². The highest BCUT2D eigenvalue weighted by Crippen LogP contribution is 2.38. The summed E-state index contributed by atoms with van der Waals surface area (Å²) < 4.78 is 38.9. The Morgan fingerprint density at radius 3 is 2.17 bits per heavy atom. The normalized spacial score (nSPS) is 22.4. The van der Waals surface area contributed by atoms with Gasteiger partial charge in [0.25, 0.3) is 0 Å². The molecule has 24 heavy (non-hydrogen) atoms. The van der Waals surface area contributed by atoms with Gasteiger partial charge in [0.15, 0.2) is 0 Å². The van der Waals surface area contributed by atoms with Gasteiger partial charge in [-0.05, 0) is 32.1 Å². The predicted octanol–water partition coefficient (Wildman–Crippen LogP) is 3.80. The molecular weight excluding hydrogens is 350 g/mol. The lowest BCUT2D eigenvalue weighted by Gasteiger charge is -2.34. The standard InChI is InChI=1S/C17H26ClNO4S/c1-5-22-15-9-17(16(23-6-2)8-14(15)18)24(20,21)19-10-12(3)7-13(4)11-19/h8-9,12-13H,5-7,10-11H2,1-4H3/t12-,13-/m0/s1. The zero-order valence-electron chi connectivity index (χ0n) is 14.7. The summed E-state index contributed by atoms with van der Waals surface area (Å²) in [7, 11) is -3.67. The van der Waals surface area contributed by atoms with Crippen LogP contribution in [0.15, 0.2) is 17.0 Å². The topological polar surface area (TPSA) is 55.8 Å². The van der Waals surface area contributed by atoms with E-state index in [1.165, 1.54) is 12.1 Å². The molecule has 0 unspecified atom stereocenters. The zero-order valence-corrected chi connectivity index (χ0v) is 16.3. The molecule has 1 aromatic rings. The lowest BCUT2D eigenvalue weighted by molar-refractivity contribution is 0.221. The van der Waals surface area contributed by atoms with Crippen molar-refractivity contribution in [1.82, 2.24) is 4.31 Å². The Labute approximate surface area is 149 Å². The van der Waals surface area contributed by atoms with Crippen LogP contribution in [0.25, 0.3) is 0 Å². The molecule has 0 bridgehead atoms. The van der Waals surface area contributed by atoms with Crippen molar-refractivity contribution in [3.8, 4) is 11.5 Å². The van der Waals surface area contributed by atoms with Crippen LogP contribution in [0.5, 0.6) is 11.5 Å². The molecule has 0 spiro atoms. The summed E-state index contributed by atoms with van der Waals surface area (Å²) in [6.45, 7) is 9.60. The number of nitrogens with zero attached hydrogens (tertiary/aromatic N) is 1. The highest BCUT2D eigenvalue weighted by atomic mass is 35.5. The van der Waals surface area contributed by atoms with E-state index in [2.05, 4.69) is 13.8 Å². The molecule has 1 fully saturated rings. The average molecular weight is 376 g/mol. The fourth-order valence-electron chi connectivity index (χ4n) is 3.19. The van der Waals surface area contributed by atoms with Crippen molar-refractivity contribution < 1.29 is 17.9 Å². The molecule has 7 heteroatoms. The smallest absolute Gasteiger partial charge is 0.246 e. The number of piperidine rings is 1. The molecule has 2 atom stereocenters. The SMILES string of the molecule is CCOc1cc(S(=O)(=O)N2C[C@@H](C)C[C@H](C)C2)c(OCC)cc1Cl. The molecule has 0 amide bonds. The molecule has 0 radical (unpaired) electrons. The number of sulfonamides is 1. The van der Waals surface area contributed by atoms with Crippen LogP contribution in [0.3, 0.4) is 0 Å². The molecular formula is C17H26ClNO4S. The molecule has 0 aliphatic carbocycles. The molecule has 136 valence electrons. The molecule has 0 aromatic heterocycles. The van der Waals surface area contributed by atoms with E-state index in [0.717, 1.165) is 6.42 Å². The number of hydrogen-bond acceptors (Lipinski definition) is 4. The summed E-state index contributed by atoms with van der Waals surface area (Å²) >= 11 is 6.18. The van der Waals surface area contributed by atoms with Gasteiger partial charge in [0.1, 0.15) is 16.4 Å². The van der Waals surface area contributed by atoms with E-state index >= 15 is 0 Å². The van der Waals surface area contributed by atoms with E-state index in [-0.39, 0.29) is 10.6 Å². The van der Waals surface area contributed by atoms with Crippen LogP contribution < -0.4 is 9.47 Å². The fourth-order valence-corrected chi connectivity index (χ4v) is 5.21. The van der Waals surface area contributed by atoms with E-state index in [9.17, 15) is 8.42 Å². The average Bonchev–Trinajstić information content (AvgIpc) is 2.49. The van der Waals surface area contributed by atoms with Crippen molar-refractivity contribution in [3.63, 3.8) is 0 Å². The predicted molar refractivity (Wildman–Crippen MR) is 95.5 cm³/mol. The van der Waals surface area contributed by atoms with E-state index in [1.807, 2.05) is 13.8 Å². The molecule has 0 N–H and O–H groups in total. The molecule has 1 saturated heterocycles. The molecule has 2 rings (SSSR count). The maximum atomic E-state index is 13.2. The molecule has 1 heterocycles. The van der Waals surface area contributed by atoms with Crippen molar-refractivity contribution in [3.05, 3.63) is 17.2 Å². The largest absolute Gasteiger partial charge is 0.492 e. The highest BCUT2D eigenvalue weighted by molar-refractivity contribution is 7.89. The van der Waals surface area contributed by atoms with E-state index < -0.39 is 10.0 Å². The minimum absolute atomic E-state index is 0.124. The Hall–Kier alpha value is -0.980. The van der Waals surface area contributed by atoms with Gasteiger partial charge < -0.3 is 9.47 Å². The number of hydrogen-bond donors (Lipinski definition) is 0. The first-order chi connectivity index (χ1) is 11.3. The molecule has 1 aliphatic heterocycles. The third-order valence-corrected chi connectivity index (χ3v) is 6.20. The number of halogens is 1. The van der Waals surface area contributed by atoms with Crippen LogP contribution in [-0.4, -0.2) is 39.0 Å². The zero-order chi connectivity index (χ0) is 17.9. The monoisotopic (exact) mass is 375 g/mol. The molecule has 1 aliphatic rings. The van der Waals surface area contributed by atoms with Crippen LogP contribution in [0.4, 0.5) is 0 Å². The quantitative estimate of drug-likeness (QED) is 0.758. The minimum Gasteiger partial charge on any atom is -0.492 e. The second-order valence-electron chi connectivity index (χ2n) is 6.36. The Kier molecular flexibility index (Phi) is 6.39. The lowest BCUT2D eigenvalue weighted by atomic mass is 9.94. The third-order valence-electron chi connectivity index (χ3n) is 4.05. The maximum Gasteiger partial charge on any atom is 0.246 e. The first kappa shape index (κ1) is 19.3. The number of benzene rings is 1. The Morgan fingerprint density at radius 1 is 1.08 bits per heavy atom. The fraction of sp³-hybridized carbons (Fsp3) is 0.647. The maximum absolute atomic E-state index is 13.2. The summed E-state index contributed by atoms with van der Waals surface area (Å²) in [4.78, 5) is 0.124. The van der Waals surface area contributed by atoms with Crippen LogP contribution in [0.2, 0.25) is 5.02 Å². The summed E-state index contributed by atoms with van der Waals surface area (Å²) in [6, 6.07) is 3.01. The van der Waals surface area contributed by atoms with Gasteiger partial charge in [-0.2, -0.15) is 4.31 Å². The first-order valence-corrected chi connectivity index (χ1v) is 10.2. The Morgan fingerprint density at radius 2 is 1.62 bits per heavy atom. The van der Waals surface area contributed by atoms with Gasteiger partial charge in [-0.3, -0.25) is 0 Å². The number of rotatable bonds is 6. The second kappa shape index (κ2) is 7.93. The van der Waals surface area contributed by atoms with Crippen LogP contribution in [0, 0.1) is 11.8 Å². The van der Waals surface area contributed by atoms with Gasteiger partial charge in [0, 0.05) is 25.2 Å². The van der Waals surface area contributed by atoms with Crippen molar-refractivity contribution in [2.24, 2.45) is 11.8 Å². The third kappa shape index (κ3) is 4.16. The van der Waals surface area contributed by atoms with Crippen LogP contribution >= 0.6 is 11.6 Å². The molecule has 5 nitrogen and oxygen atoms in total. The van der Waals surface area contributed by atoms with Gasteiger partial charge >= 0.3 is 0 Å². The van der Waals surface area contributed by atoms with Crippen molar-refractivity contribution in [2.75, 3.05) is 26.3 Å². The van der Waals surface area contributed by atoms with E-state index in [1.54, 1.807) is 4.31 Å². The van der Waals surface area contributed by atoms with Gasteiger partial charge in [-0.25, -0.2) is 8.42 Å². The molecule has 1 aromatic carbocycles. The summed E-state index contributed by atoms with van der Waals surface area (Å²) in [5.41, 5.74) is 0. The van der Waals surface area contributed by atoms with Gasteiger partial charge in [-0.1, -0.05) is 25.4 Å². The van der Waals surface area contributed by atoms with Crippen molar-refractivity contribution >= 4 is 21.6 Å². The Bertz CT molecular complexity index is 667. The second-order valence-corrected chi connectivity index (χ2v) is 8.68. The number of ether oxygens (including phenoxy) is 2. The minimum atomic E-state index is -3.67. The van der Waals surface area contributed by atoms with Gasteiger partial charge in [-0.15, -0.1) is 0 Å². The van der Waals surface area contributed by atoms with E-state index in [0.29, 0.717) is 48.9 Å². The van der Waals surface area contributed by atoms with Crippen LogP contribution in [-0.2, 0) is 10.0 Å². The van der Waals surface area contributed by atoms with E-state index in [4.69, 9.17) is 21.1 Å². The summed E-state index contributed by atoms with van der Waals surface area (Å²) in [5, 5.41) is 0.347. The lowest BCUT2D eigenvalue weighted by Crippen LogP contribution is -2.42. The highest BCUT2D eigenvalue weighted by Gasteiger charge is 2.34. The molecule has 0 saturated carbocycles. The first-order valence-electron chi connectivity index (χ1n) is 8.38. The Balaban J connectivity index is 2.48. The van der Waals surface area contributed by atoms with Gasteiger partial charge in [0.2, 0.25) is 10.0 Å². The van der Waals surface area contributed by atoms with Crippen molar-refractivity contribution in [1.29, 1.82) is 0 Å². The summed E-state index contributed by atoms with van der Waals surface area (Å²) in [5.74, 6) is 1.30. The summed E-state index contributed by atoms with van der Waals surface area (Å²) in [6.07, 6.45) is 1.04.